The minimum Gasteiger partial charge on any atom is -0.497 e. The summed E-state index contributed by atoms with van der Waals surface area (Å²) in [4.78, 5) is 22.1. The van der Waals surface area contributed by atoms with Crippen molar-refractivity contribution < 1.29 is 47.1 Å². The van der Waals surface area contributed by atoms with Crippen LogP contribution in [0.15, 0.2) is 36.4 Å². The summed E-state index contributed by atoms with van der Waals surface area (Å²) >= 11 is 5.54. The monoisotopic (exact) mass is 656 g/mol. The van der Waals surface area contributed by atoms with Crippen molar-refractivity contribution in [1.29, 1.82) is 0 Å². The van der Waals surface area contributed by atoms with Crippen LogP contribution >= 0.6 is 38.5 Å². The van der Waals surface area contributed by atoms with Gasteiger partial charge in [0.1, 0.15) is 18.1 Å². The molecule has 1 aliphatic heterocycles. The predicted octanol–water partition coefficient (Wildman–Crippen LogP) is 5.20. The largest absolute Gasteiger partial charge is 0.497 e. The summed E-state index contributed by atoms with van der Waals surface area (Å²) in [6.45, 7) is 2.37. The molecular formula is C23H27BrIO6V-. The molecule has 2 aromatic carbocycles. The summed E-state index contributed by atoms with van der Waals surface area (Å²) in [5, 5.41) is 0.712. The molecule has 32 heavy (non-hydrogen) atoms. The molecule has 1 heterocycles. The van der Waals surface area contributed by atoms with Crippen molar-refractivity contribution in [3.05, 3.63) is 63.1 Å². The zero-order chi connectivity index (χ0) is 23.2. The van der Waals surface area contributed by atoms with Gasteiger partial charge in [-0.3, -0.25) is 14.0 Å². The third-order valence-corrected chi connectivity index (χ3v) is 4.86. The van der Waals surface area contributed by atoms with E-state index in [4.69, 9.17) is 14.2 Å². The second kappa shape index (κ2) is 17.3. The first-order valence-corrected chi connectivity index (χ1v) is 11.8. The Morgan fingerprint density at radius 3 is 2.22 bits per heavy atom. The number of fused-ring (bicyclic) bond motifs is 1. The SMILES string of the molecule is COC(=O)Cc1cc(OC)ccc1CBr.COc1ccc2c(c1)CC(=O)OC2.C[CH-]I.[V]. The Morgan fingerprint density at radius 1 is 1.06 bits per heavy atom. The smallest absolute Gasteiger partial charge is 0.310 e. The molecule has 0 unspecified atom stereocenters. The van der Waals surface area contributed by atoms with Crippen LogP contribution in [-0.4, -0.2) is 33.3 Å². The van der Waals surface area contributed by atoms with Gasteiger partial charge < -0.3 is 41.5 Å². The molecule has 1 radical (unpaired) electrons. The molecule has 175 valence electrons. The first-order chi connectivity index (χ1) is 14.9. The van der Waals surface area contributed by atoms with Crippen LogP contribution in [0.1, 0.15) is 29.2 Å². The van der Waals surface area contributed by atoms with E-state index in [0.717, 1.165) is 33.8 Å². The number of hydrogen-bond acceptors (Lipinski definition) is 6. The Morgan fingerprint density at radius 2 is 1.66 bits per heavy atom. The molecule has 0 saturated heterocycles. The van der Waals surface area contributed by atoms with Crippen LogP contribution in [0.25, 0.3) is 0 Å². The summed E-state index contributed by atoms with van der Waals surface area (Å²) < 4.78 is 21.7. The van der Waals surface area contributed by atoms with Gasteiger partial charge in [-0.05, 0) is 46.5 Å². The van der Waals surface area contributed by atoms with Gasteiger partial charge in [0.15, 0.2) is 0 Å². The molecule has 0 amide bonds. The maximum absolute atomic E-state index is 11.2. The molecular weight excluding hydrogens is 630 g/mol. The molecule has 0 aromatic heterocycles. The Hall–Kier alpha value is -1.23. The molecule has 0 bridgehead atoms. The molecule has 0 aliphatic carbocycles. The number of halogens is 2. The van der Waals surface area contributed by atoms with Gasteiger partial charge in [-0.1, -0.05) is 28.1 Å². The number of alkyl halides is 1. The Kier molecular flexibility index (Phi) is 16.6. The van der Waals surface area contributed by atoms with Crippen LogP contribution in [0.5, 0.6) is 11.5 Å². The fourth-order valence-corrected chi connectivity index (χ4v) is 3.20. The van der Waals surface area contributed by atoms with Gasteiger partial charge in [0.2, 0.25) is 0 Å². The second-order valence-electron chi connectivity index (χ2n) is 6.21. The number of ether oxygens (including phenoxy) is 4. The van der Waals surface area contributed by atoms with E-state index in [-0.39, 0.29) is 36.9 Å². The van der Waals surface area contributed by atoms with Crippen LogP contribution in [0, 0.1) is 4.43 Å². The molecule has 3 rings (SSSR count). The Bertz CT molecular complexity index is 862. The average molecular weight is 657 g/mol. The van der Waals surface area contributed by atoms with Crippen molar-refractivity contribution in [3.8, 4) is 11.5 Å². The van der Waals surface area contributed by atoms with Crippen LogP contribution in [0.4, 0.5) is 0 Å². The summed E-state index contributed by atoms with van der Waals surface area (Å²) in [6, 6.07) is 11.4. The van der Waals surface area contributed by atoms with Crippen LogP contribution in [0.2, 0.25) is 0 Å². The maximum Gasteiger partial charge on any atom is 0.310 e. The van der Waals surface area contributed by atoms with Gasteiger partial charge in [0, 0.05) is 23.9 Å². The van der Waals surface area contributed by atoms with Gasteiger partial charge in [0.05, 0.1) is 34.2 Å². The fraction of sp³-hybridized carbons (Fsp3) is 0.348. The van der Waals surface area contributed by atoms with Crippen LogP contribution in [-0.2, 0) is 62.4 Å². The topological polar surface area (TPSA) is 71.1 Å². The van der Waals surface area contributed by atoms with E-state index in [9.17, 15) is 9.59 Å². The van der Waals surface area contributed by atoms with Crippen molar-refractivity contribution in [3.63, 3.8) is 0 Å². The van der Waals surface area contributed by atoms with E-state index in [1.807, 2.05) is 47.7 Å². The molecule has 6 nitrogen and oxygen atoms in total. The van der Waals surface area contributed by atoms with Gasteiger partial charge in [-0.25, -0.2) is 0 Å². The van der Waals surface area contributed by atoms with E-state index >= 15 is 0 Å². The average Bonchev–Trinajstić information content (AvgIpc) is 2.79. The number of carbonyl (C=O) groups excluding carboxylic acids is 2. The summed E-state index contributed by atoms with van der Waals surface area (Å²) in [5.74, 6) is 1.12. The van der Waals surface area contributed by atoms with Gasteiger partial charge in [-0.15, -0.1) is 0 Å². The number of hydrogen-bond donors (Lipinski definition) is 0. The normalized spacial score (nSPS) is 11.1. The quantitative estimate of drug-likeness (QED) is 0.191. The maximum atomic E-state index is 11.2. The molecule has 2 aromatic rings. The van der Waals surface area contributed by atoms with Gasteiger partial charge in [0.25, 0.3) is 0 Å². The zero-order valence-corrected chi connectivity index (χ0v) is 23.7. The Labute approximate surface area is 223 Å². The molecule has 1 aliphatic rings. The third kappa shape index (κ3) is 10.6. The number of rotatable bonds is 5. The molecule has 0 saturated carbocycles. The van der Waals surface area contributed by atoms with Gasteiger partial charge >= 0.3 is 11.9 Å². The van der Waals surface area contributed by atoms with Crippen molar-refractivity contribution in [2.45, 2.75) is 31.7 Å². The van der Waals surface area contributed by atoms with Crippen molar-refractivity contribution >= 4 is 50.5 Å². The van der Waals surface area contributed by atoms with Crippen LogP contribution in [0.3, 0.4) is 0 Å². The van der Waals surface area contributed by atoms with E-state index in [0.29, 0.717) is 18.4 Å². The summed E-state index contributed by atoms with van der Waals surface area (Å²) in [7, 11) is 4.60. The molecule has 9 heteroatoms. The second-order valence-corrected chi connectivity index (χ2v) is 8.02. The number of carbonyl (C=O) groups is 2. The zero-order valence-electron chi connectivity index (χ0n) is 18.5. The standard InChI is InChI=1S/C11H13BrO3.C10H10O3.C2H4I.V/c1-14-10-4-3-8(7-12)9(5-10)6-11(13)15-2;1-12-9-3-2-7-6-13-10(11)5-8(7)4-9;1-2-3;/h3-5H,6-7H2,1-2H3;2-4H,5-6H2,1H3;2H,1H3;/q;;-1;. The van der Waals surface area contributed by atoms with Gasteiger partial charge in [-0.2, -0.15) is 6.92 Å². The predicted molar refractivity (Wildman–Crippen MR) is 132 cm³/mol. The Balaban J connectivity index is 0.000000523. The first-order valence-electron chi connectivity index (χ1n) is 9.40. The summed E-state index contributed by atoms with van der Waals surface area (Å²) in [6.07, 6.45) is 0.626. The van der Waals surface area contributed by atoms with E-state index in [1.54, 1.807) is 14.2 Å². The van der Waals surface area contributed by atoms with E-state index < -0.39 is 0 Å². The number of benzene rings is 2. The van der Waals surface area contributed by atoms with Crippen molar-refractivity contribution in [1.82, 2.24) is 0 Å². The molecule has 0 fully saturated rings. The van der Waals surface area contributed by atoms with E-state index in [2.05, 4.69) is 43.3 Å². The molecule has 0 N–H and O–H groups in total. The fourth-order valence-electron chi connectivity index (χ4n) is 2.65. The third-order valence-electron chi connectivity index (χ3n) is 4.26. The van der Waals surface area contributed by atoms with Crippen molar-refractivity contribution in [2.75, 3.05) is 21.3 Å². The van der Waals surface area contributed by atoms with E-state index in [1.165, 1.54) is 7.11 Å². The first kappa shape index (κ1) is 30.8. The summed E-state index contributed by atoms with van der Waals surface area (Å²) in [5.41, 5.74) is 4.08. The molecule has 0 spiro atoms. The number of esters is 2. The molecule has 0 atom stereocenters. The minimum absolute atomic E-state index is 0. The number of cyclic esters (lactones) is 1. The number of methoxy groups -OCH3 is 3. The minimum atomic E-state index is -0.245. The van der Waals surface area contributed by atoms with Crippen LogP contribution < -0.4 is 9.47 Å². The van der Waals surface area contributed by atoms with Crippen molar-refractivity contribution in [2.24, 2.45) is 0 Å².